The van der Waals surface area contributed by atoms with Crippen LogP contribution < -0.4 is 5.32 Å². The Balaban J connectivity index is 1.57. The molecule has 3 rings (SSSR count). The Hall–Kier alpha value is -2.34. The second kappa shape index (κ2) is 5.11. The van der Waals surface area contributed by atoms with E-state index >= 15 is 0 Å². The van der Waals surface area contributed by atoms with Crippen molar-refractivity contribution in [2.24, 2.45) is 0 Å². The Bertz CT molecular complexity index is 681. The van der Waals surface area contributed by atoms with Gasteiger partial charge < -0.3 is 9.73 Å². The molecule has 19 heavy (non-hydrogen) atoms. The highest BCUT2D eigenvalue weighted by atomic mass is 32.1. The lowest BCUT2D eigenvalue weighted by Crippen LogP contribution is -2.20. The lowest BCUT2D eigenvalue weighted by atomic mass is 10.4. The molecule has 0 radical (unpaired) electrons. The average Bonchev–Trinajstić information content (AvgIpc) is 3.09. The second-order valence-corrected chi connectivity index (χ2v) is 4.76. The first-order chi connectivity index (χ1) is 9.31. The first-order valence-electron chi connectivity index (χ1n) is 5.72. The van der Waals surface area contributed by atoms with Crippen molar-refractivity contribution >= 4 is 28.3 Å². The van der Waals surface area contributed by atoms with Crippen molar-refractivity contribution in [3.8, 4) is 0 Å². The zero-order valence-corrected chi connectivity index (χ0v) is 10.8. The van der Waals surface area contributed by atoms with Gasteiger partial charge in [0.05, 0.1) is 18.5 Å². The van der Waals surface area contributed by atoms with Gasteiger partial charge in [-0.1, -0.05) is 0 Å². The van der Waals surface area contributed by atoms with Gasteiger partial charge in [-0.15, -0.1) is 11.3 Å². The molecule has 0 fully saturated rings. The van der Waals surface area contributed by atoms with Gasteiger partial charge in [-0.05, 0) is 18.2 Å². The Kier molecular flexibility index (Phi) is 3.16. The Morgan fingerprint density at radius 2 is 2.53 bits per heavy atom. The SMILES string of the molecule is O=C(/C=C/c1ccco1)NCc1cn2ccsc2n1. The molecule has 0 unspecified atom stereocenters. The summed E-state index contributed by atoms with van der Waals surface area (Å²) in [4.78, 5) is 16.9. The molecule has 0 aliphatic carbocycles. The number of rotatable bonds is 4. The first kappa shape index (κ1) is 11.7. The maximum absolute atomic E-state index is 11.6. The van der Waals surface area contributed by atoms with E-state index in [1.165, 1.54) is 6.08 Å². The molecule has 0 aliphatic rings. The summed E-state index contributed by atoms with van der Waals surface area (Å²) < 4.78 is 7.03. The molecule has 1 N–H and O–H groups in total. The van der Waals surface area contributed by atoms with Crippen molar-refractivity contribution < 1.29 is 9.21 Å². The van der Waals surface area contributed by atoms with Gasteiger partial charge in [0.25, 0.3) is 0 Å². The Morgan fingerprint density at radius 1 is 1.58 bits per heavy atom. The zero-order chi connectivity index (χ0) is 13.1. The predicted octanol–water partition coefficient (Wildman–Crippen LogP) is 2.32. The fraction of sp³-hybridized carbons (Fsp3) is 0.0769. The molecule has 5 nitrogen and oxygen atoms in total. The molecule has 3 aromatic rings. The van der Waals surface area contributed by atoms with Crippen molar-refractivity contribution in [1.29, 1.82) is 0 Å². The van der Waals surface area contributed by atoms with Gasteiger partial charge in [-0.2, -0.15) is 0 Å². The highest BCUT2D eigenvalue weighted by Crippen LogP contribution is 2.11. The number of aromatic nitrogens is 2. The molecule has 0 atom stereocenters. The van der Waals surface area contributed by atoms with E-state index in [9.17, 15) is 4.79 Å². The summed E-state index contributed by atoms with van der Waals surface area (Å²) in [7, 11) is 0. The third-order valence-electron chi connectivity index (χ3n) is 2.53. The van der Waals surface area contributed by atoms with Crippen LogP contribution in [0.15, 0.2) is 46.7 Å². The maximum Gasteiger partial charge on any atom is 0.244 e. The standard InChI is InChI=1S/C13H11N3O2S/c17-12(4-3-11-2-1-6-18-11)14-8-10-9-16-5-7-19-13(16)15-10/h1-7,9H,8H2,(H,14,17)/b4-3+. The van der Waals surface area contributed by atoms with Crippen LogP contribution >= 0.6 is 11.3 Å². The van der Waals surface area contributed by atoms with E-state index in [0.29, 0.717) is 12.3 Å². The summed E-state index contributed by atoms with van der Waals surface area (Å²) in [6, 6.07) is 3.56. The fourth-order valence-electron chi connectivity index (χ4n) is 1.64. The molecule has 0 aromatic carbocycles. The summed E-state index contributed by atoms with van der Waals surface area (Å²) in [6.07, 6.45) is 8.48. The average molecular weight is 273 g/mol. The molecule has 96 valence electrons. The number of carbonyl (C=O) groups is 1. The molecule has 6 heteroatoms. The molecular formula is C13H11N3O2S. The van der Waals surface area contributed by atoms with Crippen molar-refractivity contribution in [1.82, 2.24) is 14.7 Å². The zero-order valence-electron chi connectivity index (χ0n) is 9.95. The van der Waals surface area contributed by atoms with Gasteiger partial charge in [-0.3, -0.25) is 9.20 Å². The van der Waals surface area contributed by atoms with Gasteiger partial charge in [0, 0.05) is 23.8 Å². The lowest BCUT2D eigenvalue weighted by molar-refractivity contribution is -0.116. The lowest BCUT2D eigenvalue weighted by Gasteiger charge is -1.97. The Morgan fingerprint density at radius 3 is 3.32 bits per heavy atom. The van der Waals surface area contributed by atoms with E-state index in [0.717, 1.165) is 10.7 Å². The Labute approximate surface area is 113 Å². The summed E-state index contributed by atoms with van der Waals surface area (Å²) in [6.45, 7) is 0.412. The van der Waals surface area contributed by atoms with Gasteiger partial charge >= 0.3 is 0 Å². The van der Waals surface area contributed by atoms with Crippen LogP contribution in [-0.2, 0) is 11.3 Å². The smallest absolute Gasteiger partial charge is 0.244 e. The van der Waals surface area contributed by atoms with Crippen molar-refractivity contribution in [2.45, 2.75) is 6.54 Å². The monoisotopic (exact) mass is 273 g/mol. The van der Waals surface area contributed by atoms with Gasteiger partial charge in [0.2, 0.25) is 5.91 Å². The van der Waals surface area contributed by atoms with Crippen LogP contribution in [0.5, 0.6) is 0 Å². The van der Waals surface area contributed by atoms with E-state index in [1.807, 2.05) is 22.2 Å². The van der Waals surface area contributed by atoms with Crippen LogP contribution in [0, 0.1) is 0 Å². The topological polar surface area (TPSA) is 59.5 Å². The third-order valence-corrected chi connectivity index (χ3v) is 3.30. The minimum Gasteiger partial charge on any atom is -0.465 e. The van der Waals surface area contributed by atoms with Crippen LogP contribution in [0.3, 0.4) is 0 Å². The number of nitrogens with one attached hydrogen (secondary N) is 1. The minimum absolute atomic E-state index is 0.173. The van der Waals surface area contributed by atoms with Gasteiger partial charge in [0.1, 0.15) is 5.76 Å². The number of hydrogen-bond acceptors (Lipinski definition) is 4. The third kappa shape index (κ3) is 2.74. The van der Waals surface area contributed by atoms with E-state index in [4.69, 9.17) is 4.42 Å². The summed E-state index contributed by atoms with van der Waals surface area (Å²) in [5.74, 6) is 0.477. The molecule has 1 amide bonds. The minimum atomic E-state index is -0.173. The number of imidazole rings is 1. The van der Waals surface area contributed by atoms with E-state index in [-0.39, 0.29) is 5.91 Å². The molecule has 0 saturated carbocycles. The number of nitrogens with zero attached hydrogens (tertiary/aromatic N) is 2. The van der Waals surface area contributed by atoms with Crippen LogP contribution in [-0.4, -0.2) is 15.3 Å². The quantitative estimate of drug-likeness (QED) is 0.742. The molecule has 0 bridgehead atoms. The van der Waals surface area contributed by atoms with Crippen molar-refractivity contribution in [3.63, 3.8) is 0 Å². The summed E-state index contributed by atoms with van der Waals surface area (Å²) >= 11 is 1.56. The number of amides is 1. The van der Waals surface area contributed by atoms with Gasteiger partial charge in [-0.25, -0.2) is 4.98 Å². The first-order valence-corrected chi connectivity index (χ1v) is 6.60. The van der Waals surface area contributed by atoms with Crippen LogP contribution in [0.25, 0.3) is 11.0 Å². The van der Waals surface area contributed by atoms with E-state index in [1.54, 1.807) is 35.8 Å². The number of carbonyl (C=O) groups excluding carboxylic acids is 1. The van der Waals surface area contributed by atoms with Crippen molar-refractivity contribution in [2.75, 3.05) is 0 Å². The molecule has 0 aliphatic heterocycles. The highest BCUT2D eigenvalue weighted by Gasteiger charge is 2.03. The van der Waals surface area contributed by atoms with Crippen LogP contribution in [0.4, 0.5) is 0 Å². The summed E-state index contributed by atoms with van der Waals surface area (Å²) in [5.41, 5.74) is 0.839. The van der Waals surface area contributed by atoms with Crippen LogP contribution in [0.1, 0.15) is 11.5 Å². The van der Waals surface area contributed by atoms with Crippen molar-refractivity contribution in [3.05, 3.63) is 53.7 Å². The summed E-state index contributed by atoms with van der Waals surface area (Å²) in [5, 5.41) is 4.74. The molecule has 0 spiro atoms. The number of furan rings is 1. The highest BCUT2D eigenvalue weighted by molar-refractivity contribution is 7.15. The largest absolute Gasteiger partial charge is 0.465 e. The molecule has 3 aromatic heterocycles. The normalized spacial score (nSPS) is 11.4. The molecular weight excluding hydrogens is 262 g/mol. The number of hydrogen-bond donors (Lipinski definition) is 1. The van der Waals surface area contributed by atoms with E-state index < -0.39 is 0 Å². The maximum atomic E-state index is 11.6. The van der Waals surface area contributed by atoms with Crippen LogP contribution in [0.2, 0.25) is 0 Å². The number of fused-ring (bicyclic) bond motifs is 1. The predicted molar refractivity (Wildman–Crippen MR) is 72.7 cm³/mol. The van der Waals surface area contributed by atoms with Gasteiger partial charge in [0.15, 0.2) is 4.96 Å². The molecule has 3 heterocycles. The second-order valence-electron chi connectivity index (χ2n) is 3.89. The molecule has 0 saturated heterocycles. The number of thiazole rings is 1. The van der Waals surface area contributed by atoms with E-state index in [2.05, 4.69) is 10.3 Å². The fourth-order valence-corrected chi connectivity index (χ4v) is 2.36.